The van der Waals surface area contributed by atoms with Gasteiger partial charge in [-0.25, -0.2) is 9.67 Å². The van der Waals surface area contributed by atoms with Gasteiger partial charge in [-0.05, 0) is 61.0 Å². The van der Waals surface area contributed by atoms with E-state index in [1.54, 1.807) is 0 Å². The van der Waals surface area contributed by atoms with Gasteiger partial charge in [-0.3, -0.25) is 0 Å². The summed E-state index contributed by atoms with van der Waals surface area (Å²) in [7, 11) is 0. The van der Waals surface area contributed by atoms with Gasteiger partial charge in [0.1, 0.15) is 16.8 Å². The zero-order chi connectivity index (χ0) is 25.5. The normalized spacial score (nSPS) is 11.5. The highest BCUT2D eigenvalue weighted by Crippen LogP contribution is 2.32. The third-order valence-electron chi connectivity index (χ3n) is 6.10. The summed E-state index contributed by atoms with van der Waals surface area (Å²) in [5.74, 6) is 0.854. The molecule has 0 saturated heterocycles. The molecule has 0 spiro atoms. The van der Waals surface area contributed by atoms with Crippen molar-refractivity contribution in [2.45, 2.75) is 32.6 Å². The number of hydrogen-bond donors (Lipinski definition) is 0. The fourth-order valence-electron chi connectivity index (χ4n) is 4.14. The standard InChI is InChI=1S/C31H28N4OS/c1-2-3-4-10-19-36-27-17-15-23(16-18-27)30-25(22-35(34-30)26-11-6-5-7-12-26)20-24(21-32)31-33-28-13-8-9-14-29(28)37-31/h5-9,11-18,20,22H,2-4,10,19H2,1H3. The number of fused-ring (bicyclic) bond motifs is 1. The number of aromatic nitrogens is 3. The van der Waals surface area contributed by atoms with Gasteiger partial charge in [0.05, 0.1) is 33.8 Å². The van der Waals surface area contributed by atoms with E-state index < -0.39 is 0 Å². The van der Waals surface area contributed by atoms with Crippen LogP contribution >= 0.6 is 11.3 Å². The molecular formula is C31H28N4OS. The number of rotatable bonds is 10. The number of benzene rings is 3. The molecule has 3 aromatic carbocycles. The van der Waals surface area contributed by atoms with Crippen LogP contribution in [-0.4, -0.2) is 21.4 Å². The van der Waals surface area contributed by atoms with Gasteiger partial charge in [-0.15, -0.1) is 11.3 Å². The lowest BCUT2D eigenvalue weighted by Gasteiger charge is -2.07. The van der Waals surface area contributed by atoms with Crippen molar-refractivity contribution in [2.24, 2.45) is 0 Å². The molecule has 2 aromatic heterocycles. The molecule has 0 radical (unpaired) electrons. The predicted molar refractivity (Wildman–Crippen MR) is 152 cm³/mol. The van der Waals surface area contributed by atoms with Crippen molar-refractivity contribution in [1.82, 2.24) is 14.8 Å². The number of nitriles is 1. The molecule has 184 valence electrons. The topological polar surface area (TPSA) is 63.7 Å². The molecular weight excluding hydrogens is 476 g/mol. The van der Waals surface area contributed by atoms with Crippen molar-refractivity contribution in [3.63, 3.8) is 0 Å². The number of ether oxygens (including phenoxy) is 1. The Morgan fingerprint density at radius 3 is 2.51 bits per heavy atom. The number of para-hydroxylation sites is 2. The molecule has 0 bridgehead atoms. The van der Waals surface area contributed by atoms with Gasteiger partial charge in [-0.1, -0.05) is 56.5 Å². The molecule has 0 saturated carbocycles. The minimum atomic E-state index is 0.516. The van der Waals surface area contributed by atoms with Crippen molar-refractivity contribution < 1.29 is 4.74 Å². The Kier molecular flexibility index (Phi) is 7.73. The quantitative estimate of drug-likeness (QED) is 0.142. The van der Waals surface area contributed by atoms with Crippen molar-refractivity contribution in [1.29, 1.82) is 5.26 Å². The summed E-state index contributed by atoms with van der Waals surface area (Å²) in [6.45, 7) is 2.93. The van der Waals surface area contributed by atoms with E-state index in [0.29, 0.717) is 10.6 Å². The molecule has 6 heteroatoms. The third kappa shape index (κ3) is 5.79. The molecule has 5 rings (SSSR count). The van der Waals surface area contributed by atoms with Gasteiger partial charge < -0.3 is 4.74 Å². The molecule has 0 unspecified atom stereocenters. The number of allylic oxidation sites excluding steroid dienone is 1. The van der Waals surface area contributed by atoms with Crippen LogP contribution in [0.2, 0.25) is 0 Å². The Morgan fingerprint density at radius 1 is 0.973 bits per heavy atom. The summed E-state index contributed by atoms with van der Waals surface area (Å²) in [4.78, 5) is 4.69. The van der Waals surface area contributed by atoms with Crippen molar-refractivity contribution in [2.75, 3.05) is 6.61 Å². The molecule has 0 aliphatic heterocycles. The molecule has 0 atom stereocenters. The Bertz CT molecular complexity index is 1510. The Labute approximate surface area is 221 Å². The van der Waals surface area contributed by atoms with Gasteiger partial charge >= 0.3 is 0 Å². The van der Waals surface area contributed by atoms with E-state index in [2.05, 4.69) is 13.0 Å². The van der Waals surface area contributed by atoms with Crippen LogP contribution in [0, 0.1) is 11.3 Å². The van der Waals surface area contributed by atoms with Crippen LogP contribution in [0.3, 0.4) is 0 Å². The number of hydrogen-bond acceptors (Lipinski definition) is 5. The zero-order valence-electron chi connectivity index (χ0n) is 20.8. The maximum atomic E-state index is 10.0. The maximum absolute atomic E-state index is 10.0. The van der Waals surface area contributed by atoms with Crippen LogP contribution in [0.4, 0.5) is 0 Å². The van der Waals surface area contributed by atoms with Gasteiger partial charge in [0, 0.05) is 17.3 Å². The summed E-state index contributed by atoms with van der Waals surface area (Å²) in [5, 5.41) is 15.6. The minimum absolute atomic E-state index is 0.516. The Hall–Kier alpha value is -4.21. The first-order chi connectivity index (χ1) is 18.2. The zero-order valence-corrected chi connectivity index (χ0v) is 21.6. The first-order valence-electron chi connectivity index (χ1n) is 12.6. The minimum Gasteiger partial charge on any atom is -0.494 e. The molecule has 5 aromatic rings. The van der Waals surface area contributed by atoms with Crippen molar-refractivity contribution in [3.05, 3.63) is 95.6 Å². The average Bonchev–Trinajstić information content (AvgIpc) is 3.57. The van der Waals surface area contributed by atoms with E-state index in [-0.39, 0.29) is 0 Å². The molecule has 37 heavy (non-hydrogen) atoms. The van der Waals surface area contributed by atoms with E-state index in [9.17, 15) is 5.26 Å². The fourth-order valence-corrected chi connectivity index (χ4v) is 5.07. The number of unbranched alkanes of at least 4 members (excludes halogenated alkanes) is 3. The van der Waals surface area contributed by atoms with Crippen LogP contribution in [0.5, 0.6) is 5.75 Å². The highest BCUT2D eigenvalue weighted by molar-refractivity contribution is 7.19. The van der Waals surface area contributed by atoms with E-state index >= 15 is 0 Å². The van der Waals surface area contributed by atoms with Crippen LogP contribution < -0.4 is 4.74 Å². The maximum Gasteiger partial charge on any atom is 0.135 e. The van der Waals surface area contributed by atoms with Crippen LogP contribution in [0.15, 0.2) is 85.1 Å². The van der Waals surface area contributed by atoms with E-state index in [1.165, 1.54) is 30.6 Å². The molecule has 0 aliphatic carbocycles. The second kappa shape index (κ2) is 11.7. The Morgan fingerprint density at radius 2 is 1.76 bits per heavy atom. The molecule has 0 N–H and O–H groups in total. The first-order valence-corrected chi connectivity index (χ1v) is 13.4. The summed E-state index contributed by atoms with van der Waals surface area (Å²) in [5.41, 5.74) is 4.98. The second-order valence-corrected chi connectivity index (χ2v) is 9.83. The number of nitrogens with zero attached hydrogens (tertiary/aromatic N) is 4. The first kappa shape index (κ1) is 24.5. The third-order valence-corrected chi connectivity index (χ3v) is 7.17. The van der Waals surface area contributed by atoms with Gasteiger partial charge in [-0.2, -0.15) is 10.4 Å². The van der Waals surface area contributed by atoms with E-state index in [4.69, 9.17) is 14.8 Å². The lowest BCUT2D eigenvalue weighted by molar-refractivity contribution is 0.305. The monoisotopic (exact) mass is 504 g/mol. The largest absolute Gasteiger partial charge is 0.494 e. The van der Waals surface area contributed by atoms with Crippen LogP contribution in [-0.2, 0) is 0 Å². The van der Waals surface area contributed by atoms with E-state index in [0.717, 1.165) is 51.5 Å². The molecule has 2 heterocycles. The van der Waals surface area contributed by atoms with E-state index in [1.807, 2.05) is 95.8 Å². The summed E-state index contributed by atoms with van der Waals surface area (Å²) >= 11 is 1.52. The van der Waals surface area contributed by atoms with Gasteiger partial charge in [0.25, 0.3) is 0 Å². The van der Waals surface area contributed by atoms with Crippen molar-refractivity contribution >= 4 is 33.2 Å². The lowest BCUT2D eigenvalue weighted by atomic mass is 10.1. The van der Waals surface area contributed by atoms with Crippen LogP contribution in [0.25, 0.3) is 38.8 Å². The predicted octanol–water partition coefficient (Wildman–Crippen LogP) is 8.17. The molecule has 5 nitrogen and oxygen atoms in total. The fraction of sp³-hybridized carbons (Fsp3) is 0.194. The smallest absolute Gasteiger partial charge is 0.135 e. The highest BCUT2D eigenvalue weighted by Gasteiger charge is 2.15. The SMILES string of the molecule is CCCCCCOc1ccc(-c2nn(-c3ccccc3)cc2C=C(C#N)c2nc3ccccc3s2)cc1. The second-order valence-electron chi connectivity index (χ2n) is 8.80. The Balaban J connectivity index is 1.48. The lowest BCUT2D eigenvalue weighted by Crippen LogP contribution is -1.97. The van der Waals surface area contributed by atoms with Gasteiger partial charge in [0.15, 0.2) is 0 Å². The molecule has 0 amide bonds. The van der Waals surface area contributed by atoms with Crippen LogP contribution in [0.1, 0.15) is 43.2 Å². The highest BCUT2D eigenvalue weighted by atomic mass is 32.1. The average molecular weight is 505 g/mol. The van der Waals surface area contributed by atoms with Gasteiger partial charge in [0.2, 0.25) is 0 Å². The summed E-state index contributed by atoms with van der Waals surface area (Å²) < 4.78 is 8.84. The molecule has 0 aliphatic rings. The molecule has 0 fully saturated rings. The van der Waals surface area contributed by atoms with Crippen molar-refractivity contribution in [3.8, 4) is 28.8 Å². The number of thiazole rings is 1. The summed E-state index contributed by atoms with van der Waals surface area (Å²) in [6.07, 6.45) is 8.56. The summed E-state index contributed by atoms with van der Waals surface area (Å²) in [6, 6.07) is 28.3.